The van der Waals surface area contributed by atoms with Crippen LogP contribution in [0, 0.1) is 0 Å². The Morgan fingerprint density at radius 3 is 2.80 bits per heavy atom. The van der Waals surface area contributed by atoms with Crippen LogP contribution in [0.15, 0.2) is 24.3 Å². The second-order valence-electron chi connectivity index (χ2n) is 4.28. The molecule has 0 spiro atoms. The summed E-state index contributed by atoms with van der Waals surface area (Å²) < 4.78 is 0. The van der Waals surface area contributed by atoms with Crippen LogP contribution in [0.4, 0.5) is 0 Å². The van der Waals surface area contributed by atoms with Gasteiger partial charge in [0.15, 0.2) is 0 Å². The fourth-order valence-corrected chi connectivity index (χ4v) is 2.55. The minimum absolute atomic E-state index is 0.109. The predicted molar refractivity (Wildman–Crippen MR) is 62.0 cm³/mol. The smallest absolute Gasteiger partial charge is 0.103 e. The molecule has 0 amide bonds. The van der Waals surface area contributed by atoms with Gasteiger partial charge in [0.05, 0.1) is 0 Å². The third-order valence-electron chi connectivity index (χ3n) is 3.16. The van der Waals surface area contributed by atoms with Crippen molar-refractivity contribution in [3.63, 3.8) is 0 Å². The fourth-order valence-electron chi connectivity index (χ4n) is 2.22. The number of halogens is 1. The Morgan fingerprint density at radius 1 is 1.47 bits per heavy atom. The normalized spacial score (nSPS) is 25.1. The SMILES string of the molecule is CC(O)(c1ccccc1Cl)C1CCCN1. The van der Waals surface area contributed by atoms with Crippen LogP contribution in [-0.2, 0) is 5.60 Å². The van der Waals surface area contributed by atoms with Crippen molar-refractivity contribution < 1.29 is 5.11 Å². The Labute approximate surface area is 95.3 Å². The number of hydrogen-bond acceptors (Lipinski definition) is 2. The van der Waals surface area contributed by atoms with E-state index in [-0.39, 0.29) is 6.04 Å². The summed E-state index contributed by atoms with van der Waals surface area (Å²) in [4.78, 5) is 0. The topological polar surface area (TPSA) is 32.3 Å². The standard InChI is InChI=1S/C12H16ClNO/c1-12(15,11-7-4-8-14-11)9-5-2-3-6-10(9)13/h2-3,5-6,11,14-15H,4,7-8H2,1H3. The summed E-state index contributed by atoms with van der Waals surface area (Å²) in [5.41, 5.74) is -0.0689. The first kappa shape index (κ1) is 10.9. The monoisotopic (exact) mass is 225 g/mol. The highest BCUT2D eigenvalue weighted by Crippen LogP contribution is 2.33. The van der Waals surface area contributed by atoms with E-state index in [0.29, 0.717) is 5.02 Å². The lowest BCUT2D eigenvalue weighted by atomic mass is 9.87. The van der Waals surface area contributed by atoms with E-state index >= 15 is 0 Å². The molecule has 2 rings (SSSR count). The Balaban J connectivity index is 2.31. The van der Waals surface area contributed by atoms with E-state index in [0.717, 1.165) is 24.9 Å². The highest BCUT2D eigenvalue weighted by molar-refractivity contribution is 6.31. The third-order valence-corrected chi connectivity index (χ3v) is 3.49. The van der Waals surface area contributed by atoms with Crippen molar-refractivity contribution in [3.8, 4) is 0 Å². The quantitative estimate of drug-likeness (QED) is 0.810. The van der Waals surface area contributed by atoms with Crippen molar-refractivity contribution in [3.05, 3.63) is 34.9 Å². The number of aliphatic hydroxyl groups is 1. The lowest BCUT2D eigenvalue weighted by molar-refractivity contribution is 0.0219. The molecule has 1 aromatic carbocycles. The van der Waals surface area contributed by atoms with Gasteiger partial charge in [-0.1, -0.05) is 29.8 Å². The van der Waals surface area contributed by atoms with Crippen LogP contribution in [0.25, 0.3) is 0 Å². The summed E-state index contributed by atoms with van der Waals surface area (Å²) in [7, 11) is 0. The van der Waals surface area contributed by atoms with E-state index < -0.39 is 5.60 Å². The zero-order valence-electron chi connectivity index (χ0n) is 8.83. The molecule has 2 atom stereocenters. The van der Waals surface area contributed by atoms with Gasteiger partial charge in [0, 0.05) is 16.6 Å². The Bertz CT molecular complexity index is 345. The summed E-state index contributed by atoms with van der Waals surface area (Å²) in [5.74, 6) is 0. The van der Waals surface area contributed by atoms with E-state index in [1.54, 1.807) is 0 Å². The average Bonchev–Trinajstić information content (AvgIpc) is 2.71. The van der Waals surface area contributed by atoms with Crippen molar-refractivity contribution in [2.24, 2.45) is 0 Å². The lowest BCUT2D eigenvalue weighted by Gasteiger charge is -2.31. The summed E-state index contributed by atoms with van der Waals surface area (Å²) in [5, 5.41) is 14.5. The maximum Gasteiger partial charge on any atom is 0.103 e. The zero-order chi connectivity index (χ0) is 10.9. The zero-order valence-corrected chi connectivity index (χ0v) is 9.59. The van der Waals surface area contributed by atoms with Crippen molar-refractivity contribution >= 4 is 11.6 Å². The largest absolute Gasteiger partial charge is 0.384 e. The van der Waals surface area contributed by atoms with E-state index in [1.165, 1.54) is 0 Å². The van der Waals surface area contributed by atoms with Gasteiger partial charge in [-0.2, -0.15) is 0 Å². The van der Waals surface area contributed by atoms with Gasteiger partial charge in [-0.05, 0) is 32.4 Å². The molecule has 0 radical (unpaired) electrons. The Hall–Kier alpha value is -0.570. The van der Waals surface area contributed by atoms with Gasteiger partial charge in [0.1, 0.15) is 5.60 Å². The summed E-state index contributed by atoms with van der Waals surface area (Å²) in [6.45, 7) is 2.81. The van der Waals surface area contributed by atoms with E-state index in [2.05, 4.69) is 5.32 Å². The van der Waals surface area contributed by atoms with Gasteiger partial charge >= 0.3 is 0 Å². The molecule has 0 aromatic heterocycles. The molecule has 15 heavy (non-hydrogen) atoms. The molecule has 0 saturated carbocycles. The van der Waals surface area contributed by atoms with Crippen LogP contribution in [0.3, 0.4) is 0 Å². The van der Waals surface area contributed by atoms with Crippen molar-refractivity contribution in [2.45, 2.75) is 31.4 Å². The first-order valence-corrected chi connectivity index (χ1v) is 5.71. The van der Waals surface area contributed by atoms with Gasteiger partial charge < -0.3 is 10.4 Å². The van der Waals surface area contributed by atoms with E-state index in [9.17, 15) is 5.11 Å². The molecule has 2 unspecified atom stereocenters. The molecular weight excluding hydrogens is 210 g/mol. The van der Waals surface area contributed by atoms with Crippen LogP contribution < -0.4 is 5.32 Å². The second kappa shape index (κ2) is 4.12. The number of benzene rings is 1. The number of nitrogens with one attached hydrogen (secondary N) is 1. The maximum absolute atomic E-state index is 10.5. The van der Waals surface area contributed by atoms with E-state index in [1.807, 2.05) is 31.2 Å². The molecule has 0 aliphatic carbocycles. The summed E-state index contributed by atoms with van der Waals surface area (Å²) in [6.07, 6.45) is 2.11. The summed E-state index contributed by atoms with van der Waals surface area (Å²) >= 11 is 6.10. The van der Waals surface area contributed by atoms with Gasteiger partial charge in [-0.25, -0.2) is 0 Å². The Morgan fingerprint density at radius 2 is 2.20 bits per heavy atom. The molecule has 1 aromatic rings. The molecule has 3 heteroatoms. The highest BCUT2D eigenvalue weighted by atomic mass is 35.5. The van der Waals surface area contributed by atoms with Crippen LogP contribution >= 0.6 is 11.6 Å². The third kappa shape index (κ3) is 2.03. The van der Waals surface area contributed by atoms with Crippen LogP contribution in [-0.4, -0.2) is 17.7 Å². The van der Waals surface area contributed by atoms with E-state index in [4.69, 9.17) is 11.6 Å². The summed E-state index contributed by atoms with van der Waals surface area (Å²) in [6, 6.07) is 7.61. The van der Waals surface area contributed by atoms with Gasteiger partial charge in [-0.3, -0.25) is 0 Å². The number of rotatable bonds is 2. The first-order chi connectivity index (χ1) is 7.12. The van der Waals surface area contributed by atoms with Crippen LogP contribution in [0.1, 0.15) is 25.3 Å². The van der Waals surface area contributed by atoms with Gasteiger partial charge in [-0.15, -0.1) is 0 Å². The maximum atomic E-state index is 10.5. The second-order valence-corrected chi connectivity index (χ2v) is 4.68. The molecule has 1 fully saturated rings. The molecule has 0 bridgehead atoms. The van der Waals surface area contributed by atoms with Crippen molar-refractivity contribution in [2.75, 3.05) is 6.54 Å². The minimum Gasteiger partial charge on any atom is -0.384 e. The van der Waals surface area contributed by atoms with Crippen LogP contribution in [0.2, 0.25) is 5.02 Å². The Kier molecular flexibility index (Phi) is 3.01. The molecule has 1 heterocycles. The molecular formula is C12H16ClNO. The van der Waals surface area contributed by atoms with Gasteiger partial charge in [0.2, 0.25) is 0 Å². The first-order valence-electron chi connectivity index (χ1n) is 5.33. The molecule has 2 N–H and O–H groups in total. The molecule has 1 saturated heterocycles. The van der Waals surface area contributed by atoms with Crippen molar-refractivity contribution in [1.29, 1.82) is 0 Å². The lowest BCUT2D eigenvalue weighted by Crippen LogP contribution is -2.43. The average molecular weight is 226 g/mol. The molecule has 2 nitrogen and oxygen atoms in total. The predicted octanol–water partition coefficient (Wildman–Crippen LogP) is 2.30. The number of hydrogen-bond donors (Lipinski definition) is 2. The van der Waals surface area contributed by atoms with Gasteiger partial charge in [0.25, 0.3) is 0 Å². The minimum atomic E-state index is -0.880. The van der Waals surface area contributed by atoms with Crippen LogP contribution in [0.5, 0.6) is 0 Å². The highest BCUT2D eigenvalue weighted by Gasteiger charge is 2.36. The van der Waals surface area contributed by atoms with Crippen molar-refractivity contribution in [1.82, 2.24) is 5.32 Å². The molecule has 1 aliphatic heterocycles. The molecule has 1 aliphatic rings. The molecule has 82 valence electrons. The fraction of sp³-hybridized carbons (Fsp3) is 0.500.